The van der Waals surface area contributed by atoms with E-state index in [0.29, 0.717) is 11.6 Å². The van der Waals surface area contributed by atoms with Gasteiger partial charge >= 0.3 is 0 Å². The molecule has 2 unspecified atom stereocenters. The van der Waals surface area contributed by atoms with Crippen molar-refractivity contribution in [3.05, 3.63) is 0 Å². The molecule has 2 heteroatoms. The van der Waals surface area contributed by atoms with Crippen LogP contribution in [0.1, 0.15) is 66.2 Å². The molecule has 1 N–H and O–H groups in total. The average molecular weight is 264 g/mol. The van der Waals surface area contributed by atoms with Gasteiger partial charge in [0.05, 0.1) is 0 Å². The summed E-state index contributed by atoms with van der Waals surface area (Å²) in [5, 5.41) is 3.79. The molecule has 110 valence electrons. The summed E-state index contributed by atoms with van der Waals surface area (Å²) < 4.78 is 0. The Kier molecular flexibility index (Phi) is 7.49. The van der Waals surface area contributed by atoms with Crippen molar-refractivity contribution in [1.29, 1.82) is 0 Å². The summed E-state index contributed by atoms with van der Waals surface area (Å²) in [4.78, 5) is 2.71. The molecule has 0 bridgehead atoms. The molecule has 0 spiro atoms. The highest BCUT2D eigenvalue weighted by atomic mass is 15.2. The van der Waals surface area contributed by atoms with Crippen LogP contribution in [0, 0.1) is 11.8 Å². The van der Waals surface area contributed by atoms with E-state index in [4.69, 9.17) is 0 Å². The Hall–Kier alpha value is -0.520. The van der Waals surface area contributed by atoms with Crippen molar-refractivity contribution >= 4 is 0 Å². The molecule has 2 atom stereocenters. The van der Waals surface area contributed by atoms with Gasteiger partial charge in [-0.25, -0.2) is 0 Å². The first kappa shape index (κ1) is 16.5. The van der Waals surface area contributed by atoms with Crippen LogP contribution in [0.15, 0.2) is 0 Å². The Morgan fingerprint density at radius 1 is 1.26 bits per heavy atom. The lowest BCUT2D eigenvalue weighted by molar-refractivity contribution is 0.0809. The maximum atomic E-state index is 3.79. The number of rotatable bonds is 8. The fourth-order valence-corrected chi connectivity index (χ4v) is 3.21. The third-order valence-corrected chi connectivity index (χ3v) is 4.67. The molecule has 0 aliphatic carbocycles. The highest BCUT2D eigenvalue weighted by molar-refractivity contribution is 5.01. The molecular weight excluding hydrogens is 232 g/mol. The number of likely N-dealkylation sites (tertiary alicyclic amines) is 1. The van der Waals surface area contributed by atoms with E-state index in [2.05, 4.69) is 42.8 Å². The SMILES string of the molecule is CC#CCCC(NCCC)C(C)(CC)N1CCCC1. The minimum atomic E-state index is 0.293. The minimum Gasteiger partial charge on any atom is -0.312 e. The van der Waals surface area contributed by atoms with Crippen LogP contribution in [0.4, 0.5) is 0 Å². The number of nitrogens with one attached hydrogen (secondary N) is 1. The average Bonchev–Trinajstić information content (AvgIpc) is 2.96. The molecular formula is C17H32N2. The summed E-state index contributed by atoms with van der Waals surface area (Å²) in [6.45, 7) is 12.6. The van der Waals surface area contributed by atoms with Crippen LogP contribution in [0.2, 0.25) is 0 Å². The fraction of sp³-hybridized carbons (Fsp3) is 0.882. The van der Waals surface area contributed by atoms with Gasteiger partial charge < -0.3 is 5.32 Å². The van der Waals surface area contributed by atoms with Crippen LogP contribution < -0.4 is 5.32 Å². The largest absolute Gasteiger partial charge is 0.312 e. The maximum Gasteiger partial charge on any atom is 0.0332 e. The Labute approximate surface area is 120 Å². The Morgan fingerprint density at radius 3 is 2.47 bits per heavy atom. The third-order valence-electron chi connectivity index (χ3n) is 4.67. The highest BCUT2D eigenvalue weighted by Crippen LogP contribution is 2.30. The van der Waals surface area contributed by atoms with E-state index >= 15 is 0 Å². The molecule has 1 heterocycles. The second-order valence-corrected chi connectivity index (χ2v) is 5.88. The topological polar surface area (TPSA) is 15.3 Å². The summed E-state index contributed by atoms with van der Waals surface area (Å²) in [7, 11) is 0. The zero-order valence-corrected chi connectivity index (χ0v) is 13.4. The van der Waals surface area contributed by atoms with E-state index in [9.17, 15) is 0 Å². The predicted molar refractivity (Wildman–Crippen MR) is 84.3 cm³/mol. The Balaban J connectivity index is 2.72. The summed E-state index contributed by atoms with van der Waals surface area (Å²) in [5.41, 5.74) is 0.293. The van der Waals surface area contributed by atoms with Gasteiger partial charge in [-0.05, 0) is 65.6 Å². The highest BCUT2D eigenvalue weighted by Gasteiger charge is 2.38. The zero-order chi connectivity index (χ0) is 14.1. The van der Waals surface area contributed by atoms with Crippen molar-refractivity contribution in [3.63, 3.8) is 0 Å². The molecule has 1 aliphatic heterocycles. The van der Waals surface area contributed by atoms with Crippen molar-refractivity contribution in [1.82, 2.24) is 10.2 Å². The normalized spacial score (nSPS) is 20.6. The van der Waals surface area contributed by atoms with Gasteiger partial charge in [0.1, 0.15) is 0 Å². The first-order valence-electron chi connectivity index (χ1n) is 8.07. The first-order chi connectivity index (χ1) is 9.19. The van der Waals surface area contributed by atoms with Crippen molar-refractivity contribution in [2.45, 2.75) is 77.8 Å². The summed E-state index contributed by atoms with van der Waals surface area (Å²) in [6, 6.07) is 0.566. The monoisotopic (exact) mass is 264 g/mol. The zero-order valence-electron chi connectivity index (χ0n) is 13.4. The van der Waals surface area contributed by atoms with Gasteiger partial charge in [-0.2, -0.15) is 0 Å². The van der Waals surface area contributed by atoms with Gasteiger partial charge in [0, 0.05) is 18.0 Å². The minimum absolute atomic E-state index is 0.293. The van der Waals surface area contributed by atoms with Gasteiger partial charge in [-0.1, -0.05) is 13.8 Å². The lowest BCUT2D eigenvalue weighted by Gasteiger charge is -2.45. The molecule has 0 amide bonds. The number of hydrogen-bond acceptors (Lipinski definition) is 2. The number of hydrogen-bond donors (Lipinski definition) is 1. The van der Waals surface area contributed by atoms with E-state index in [1.165, 1.54) is 45.2 Å². The maximum absolute atomic E-state index is 3.79. The lowest BCUT2D eigenvalue weighted by Crippen LogP contribution is -2.58. The molecule has 0 saturated carbocycles. The van der Waals surface area contributed by atoms with E-state index < -0.39 is 0 Å². The molecule has 2 nitrogen and oxygen atoms in total. The van der Waals surface area contributed by atoms with E-state index in [0.717, 1.165) is 13.0 Å². The lowest BCUT2D eigenvalue weighted by atomic mass is 9.84. The quantitative estimate of drug-likeness (QED) is 0.676. The van der Waals surface area contributed by atoms with E-state index in [1.54, 1.807) is 0 Å². The molecule has 0 radical (unpaired) electrons. The van der Waals surface area contributed by atoms with Crippen molar-refractivity contribution in [3.8, 4) is 11.8 Å². The van der Waals surface area contributed by atoms with Crippen LogP contribution in [0.3, 0.4) is 0 Å². The predicted octanol–water partition coefficient (Wildman–Crippen LogP) is 3.42. The van der Waals surface area contributed by atoms with Crippen molar-refractivity contribution < 1.29 is 0 Å². The smallest absolute Gasteiger partial charge is 0.0332 e. The molecule has 1 rings (SSSR count). The van der Waals surface area contributed by atoms with Crippen molar-refractivity contribution in [2.24, 2.45) is 0 Å². The second kappa shape index (κ2) is 8.61. The van der Waals surface area contributed by atoms with Gasteiger partial charge in [0.25, 0.3) is 0 Å². The Bertz CT molecular complexity index is 296. The molecule has 19 heavy (non-hydrogen) atoms. The van der Waals surface area contributed by atoms with Gasteiger partial charge in [-0.15, -0.1) is 11.8 Å². The van der Waals surface area contributed by atoms with E-state index in [1.807, 2.05) is 6.92 Å². The van der Waals surface area contributed by atoms with Crippen LogP contribution in [-0.2, 0) is 0 Å². The van der Waals surface area contributed by atoms with Crippen LogP contribution in [-0.4, -0.2) is 36.1 Å². The fourth-order valence-electron chi connectivity index (χ4n) is 3.21. The number of nitrogens with zero attached hydrogens (tertiary/aromatic N) is 1. The van der Waals surface area contributed by atoms with Crippen LogP contribution in [0.25, 0.3) is 0 Å². The van der Waals surface area contributed by atoms with Gasteiger partial charge in [0.2, 0.25) is 0 Å². The molecule has 0 aromatic heterocycles. The van der Waals surface area contributed by atoms with Crippen molar-refractivity contribution in [2.75, 3.05) is 19.6 Å². The summed E-state index contributed by atoms with van der Waals surface area (Å²) in [6.07, 6.45) is 7.34. The summed E-state index contributed by atoms with van der Waals surface area (Å²) >= 11 is 0. The molecule has 1 saturated heterocycles. The second-order valence-electron chi connectivity index (χ2n) is 5.88. The standard InChI is InChI=1S/C17H32N2/c1-5-8-9-12-16(18-13-6-2)17(4,7-3)19-14-10-11-15-19/h16,18H,6-7,9-15H2,1-4H3. The van der Waals surface area contributed by atoms with Gasteiger partial charge in [-0.3, -0.25) is 4.90 Å². The van der Waals surface area contributed by atoms with E-state index in [-0.39, 0.29) is 0 Å². The summed E-state index contributed by atoms with van der Waals surface area (Å²) in [5.74, 6) is 6.26. The molecule has 1 aliphatic rings. The Morgan fingerprint density at radius 2 is 1.95 bits per heavy atom. The molecule has 0 aromatic carbocycles. The third kappa shape index (κ3) is 4.51. The first-order valence-corrected chi connectivity index (χ1v) is 8.07. The van der Waals surface area contributed by atoms with Crippen LogP contribution >= 0.6 is 0 Å². The molecule has 0 aromatic rings. The van der Waals surface area contributed by atoms with Crippen LogP contribution in [0.5, 0.6) is 0 Å². The van der Waals surface area contributed by atoms with Gasteiger partial charge in [0.15, 0.2) is 0 Å². The molecule has 1 fully saturated rings.